The molecule has 8 nitrogen and oxygen atoms in total. The summed E-state index contributed by atoms with van der Waals surface area (Å²) in [4.78, 5) is 36.2. The molecule has 0 aliphatic carbocycles. The van der Waals surface area contributed by atoms with Gasteiger partial charge in [0.25, 0.3) is 5.91 Å². The molecule has 0 bridgehead atoms. The van der Waals surface area contributed by atoms with Gasteiger partial charge in [-0.2, -0.15) is 0 Å². The lowest BCUT2D eigenvalue weighted by Crippen LogP contribution is -2.44. The van der Waals surface area contributed by atoms with Gasteiger partial charge in [0.1, 0.15) is 5.82 Å². The molecule has 1 fully saturated rings. The van der Waals surface area contributed by atoms with E-state index in [1.807, 2.05) is 36.4 Å². The van der Waals surface area contributed by atoms with E-state index in [9.17, 15) is 9.59 Å². The number of rotatable bonds is 5. The zero-order chi connectivity index (χ0) is 21.9. The summed E-state index contributed by atoms with van der Waals surface area (Å²) >= 11 is 0. The van der Waals surface area contributed by atoms with Crippen LogP contribution < -0.4 is 15.5 Å². The average Bonchev–Trinajstić information content (AvgIpc) is 2.84. The summed E-state index contributed by atoms with van der Waals surface area (Å²) in [5, 5.41) is 7.02. The topological polar surface area (TPSA) is 96.5 Å². The summed E-state index contributed by atoms with van der Waals surface area (Å²) in [7, 11) is 0. The summed E-state index contributed by atoms with van der Waals surface area (Å²) in [6, 6.07) is 13.5. The maximum atomic E-state index is 12.8. The fourth-order valence-corrected chi connectivity index (χ4v) is 4.18. The van der Waals surface area contributed by atoms with E-state index >= 15 is 0 Å². The van der Waals surface area contributed by atoms with Crippen LogP contribution in [0.2, 0.25) is 0 Å². The van der Waals surface area contributed by atoms with Crippen LogP contribution in [-0.2, 0) is 16.1 Å². The number of nitrogens with one attached hydrogen (secondary N) is 2. The molecule has 2 aliphatic heterocycles. The van der Waals surface area contributed by atoms with Crippen LogP contribution in [-0.4, -0.2) is 48.1 Å². The maximum absolute atomic E-state index is 12.8. The van der Waals surface area contributed by atoms with Crippen LogP contribution in [0.3, 0.4) is 0 Å². The summed E-state index contributed by atoms with van der Waals surface area (Å²) in [5.41, 5.74) is 2.74. The van der Waals surface area contributed by atoms with E-state index in [4.69, 9.17) is 4.74 Å². The molecule has 2 aliphatic rings. The maximum Gasteiger partial charge on any atom is 0.253 e. The van der Waals surface area contributed by atoms with Crippen molar-refractivity contribution >= 4 is 34.2 Å². The Balaban J connectivity index is 1.31. The zero-order valence-corrected chi connectivity index (χ0v) is 17.7. The molecule has 0 radical (unpaired) electrons. The fourth-order valence-electron chi connectivity index (χ4n) is 4.18. The van der Waals surface area contributed by atoms with Crippen LogP contribution in [0.5, 0.6) is 0 Å². The number of fused-ring (bicyclic) bond motifs is 2. The van der Waals surface area contributed by atoms with E-state index < -0.39 is 0 Å². The van der Waals surface area contributed by atoms with Crippen LogP contribution in [0.1, 0.15) is 28.9 Å². The van der Waals surface area contributed by atoms with E-state index in [1.165, 1.54) is 6.20 Å². The molecule has 2 N–H and O–H groups in total. The average molecular weight is 431 g/mol. The van der Waals surface area contributed by atoms with Crippen molar-refractivity contribution in [2.24, 2.45) is 5.92 Å². The van der Waals surface area contributed by atoms with Gasteiger partial charge in [0.15, 0.2) is 0 Å². The zero-order valence-electron chi connectivity index (χ0n) is 17.7. The Kier molecular flexibility index (Phi) is 5.68. The number of hydrogen-bond acceptors (Lipinski definition) is 6. The molecule has 8 heteroatoms. The molecule has 164 valence electrons. The van der Waals surface area contributed by atoms with Gasteiger partial charge >= 0.3 is 0 Å². The molecule has 2 aromatic heterocycles. The number of carbonyl (C=O) groups is 2. The van der Waals surface area contributed by atoms with Crippen LogP contribution in [0, 0.1) is 5.92 Å². The number of anilines is 2. The third-order valence-corrected chi connectivity index (χ3v) is 6.00. The van der Waals surface area contributed by atoms with Crippen molar-refractivity contribution in [3.63, 3.8) is 0 Å². The predicted molar refractivity (Wildman–Crippen MR) is 122 cm³/mol. The molecule has 32 heavy (non-hydrogen) atoms. The number of pyridine rings is 2. The molecule has 0 spiro atoms. The summed E-state index contributed by atoms with van der Waals surface area (Å²) < 4.78 is 5.44. The third kappa shape index (κ3) is 4.27. The van der Waals surface area contributed by atoms with Crippen molar-refractivity contribution in [3.8, 4) is 0 Å². The van der Waals surface area contributed by atoms with Crippen molar-refractivity contribution in [2.75, 3.05) is 36.5 Å². The Hall–Kier alpha value is -3.52. The number of benzene rings is 1. The SMILES string of the molecule is O=C(NCc1ccc2ccccc2n1)c1cnc2c(c1)N(CC1CCOCC1)C(=O)CN2. The van der Waals surface area contributed by atoms with Gasteiger partial charge in [-0.15, -0.1) is 0 Å². The van der Waals surface area contributed by atoms with Gasteiger partial charge in [0, 0.05) is 31.3 Å². The number of amides is 2. The van der Waals surface area contributed by atoms with Crippen LogP contribution in [0.25, 0.3) is 10.9 Å². The first-order chi connectivity index (χ1) is 15.7. The standard InChI is InChI=1S/C24H25N5O3/c30-22-14-26-23-21(29(22)15-16-7-9-32-10-8-16)11-18(12-25-23)24(31)27-13-19-6-5-17-3-1-2-4-20(17)28-19/h1-6,11-12,16H,7-10,13-15H2,(H,25,26)(H,27,31). The molecular formula is C24H25N5O3. The second kappa shape index (κ2) is 8.92. The second-order valence-electron chi connectivity index (χ2n) is 8.18. The van der Waals surface area contributed by atoms with Gasteiger partial charge in [-0.25, -0.2) is 4.98 Å². The molecule has 3 aromatic rings. The van der Waals surface area contributed by atoms with Gasteiger partial charge in [0.05, 0.1) is 35.6 Å². The number of para-hydroxylation sites is 1. The highest BCUT2D eigenvalue weighted by Gasteiger charge is 2.29. The van der Waals surface area contributed by atoms with E-state index in [0.29, 0.717) is 36.1 Å². The van der Waals surface area contributed by atoms with Crippen LogP contribution in [0.4, 0.5) is 11.5 Å². The number of nitrogens with zero attached hydrogens (tertiary/aromatic N) is 3. The van der Waals surface area contributed by atoms with Gasteiger partial charge in [-0.3, -0.25) is 14.6 Å². The van der Waals surface area contributed by atoms with Gasteiger partial charge < -0.3 is 20.3 Å². The lowest BCUT2D eigenvalue weighted by Gasteiger charge is -2.33. The molecule has 1 aromatic carbocycles. The Morgan fingerprint density at radius 3 is 2.91 bits per heavy atom. The molecule has 0 saturated carbocycles. The largest absolute Gasteiger partial charge is 0.381 e. The molecule has 2 amide bonds. The van der Waals surface area contributed by atoms with E-state index in [1.54, 1.807) is 11.0 Å². The van der Waals surface area contributed by atoms with Gasteiger partial charge in [-0.1, -0.05) is 24.3 Å². The minimum absolute atomic E-state index is 0.0105. The molecule has 4 heterocycles. The third-order valence-electron chi connectivity index (χ3n) is 6.00. The van der Waals surface area contributed by atoms with Crippen molar-refractivity contribution < 1.29 is 14.3 Å². The second-order valence-corrected chi connectivity index (χ2v) is 8.18. The highest BCUT2D eigenvalue weighted by Crippen LogP contribution is 2.30. The number of hydrogen-bond donors (Lipinski definition) is 2. The van der Waals surface area contributed by atoms with E-state index in [0.717, 1.165) is 42.7 Å². The first-order valence-corrected chi connectivity index (χ1v) is 10.9. The normalized spacial score (nSPS) is 16.5. The number of aromatic nitrogens is 2. The Bertz CT molecular complexity index is 1160. The molecule has 1 saturated heterocycles. The Labute approximate surface area is 186 Å². The highest BCUT2D eigenvalue weighted by molar-refractivity contribution is 6.04. The Morgan fingerprint density at radius 2 is 2.03 bits per heavy atom. The first-order valence-electron chi connectivity index (χ1n) is 10.9. The quantitative estimate of drug-likeness (QED) is 0.645. The van der Waals surface area contributed by atoms with Crippen molar-refractivity contribution in [1.82, 2.24) is 15.3 Å². The number of carbonyl (C=O) groups excluding carboxylic acids is 2. The minimum Gasteiger partial charge on any atom is -0.381 e. The van der Waals surface area contributed by atoms with Crippen molar-refractivity contribution in [3.05, 3.63) is 59.9 Å². The highest BCUT2D eigenvalue weighted by atomic mass is 16.5. The monoisotopic (exact) mass is 431 g/mol. The lowest BCUT2D eigenvalue weighted by atomic mass is 9.99. The first kappa shape index (κ1) is 20.4. The van der Waals surface area contributed by atoms with Gasteiger partial charge in [0.2, 0.25) is 5.91 Å². The van der Waals surface area contributed by atoms with Crippen LogP contribution >= 0.6 is 0 Å². The summed E-state index contributed by atoms with van der Waals surface area (Å²) in [6.45, 7) is 2.58. The van der Waals surface area contributed by atoms with Crippen molar-refractivity contribution in [2.45, 2.75) is 19.4 Å². The smallest absolute Gasteiger partial charge is 0.253 e. The van der Waals surface area contributed by atoms with Gasteiger partial charge in [-0.05, 0) is 37.0 Å². The molecule has 0 atom stereocenters. The molecule has 5 rings (SSSR count). The predicted octanol–water partition coefficient (Wildman–Crippen LogP) is 2.74. The molecule has 0 unspecified atom stereocenters. The number of ether oxygens (including phenoxy) is 1. The minimum atomic E-state index is -0.251. The van der Waals surface area contributed by atoms with E-state index in [2.05, 4.69) is 20.6 Å². The molecular weight excluding hydrogens is 406 g/mol. The van der Waals surface area contributed by atoms with E-state index in [-0.39, 0.29) is 18.4 Å². The Morgan fingerprint density at radius 1 is 1.19 bits per heavy atom. The van der Waals surface area contributed by atoms with Crippen molar-refractivity contribution in [1.29, 1.82) is 0 Å². The van der Waals surface area contributed by atoms with Crippen LogP contribution in [0.15, 0.2) is 48.7 Å². The summed E-state index contributed by atoms with van der Waals surface area (Å²) in [5.74, 6) is 0.752. The lowest BCUT2D eigenvalue weighted by molar-refractivity contribution is -0.117. The summed E-state index contributed by atoms with van der Waals surface area (Å²) in [6.07, 6.45) is 3.40. The fraction of sp³-hybridized carbons (Fsp3) is 0.333.